The lowest BCUT2D eigenvalue weighted by atomic mass is 9.99. The molecule has 0 radical (unpaired) electrons. The van der Waals surface area contributed by atoms with Crippen LogP contribution in [0.1, 0.15) is 24.8 Å². The van der Waals surface area contributed by atoms with Crippen LogP contribution < -0.4 is 15.4 Å². The molecule has 2 saturated heterocycles. The van der Waals surface area contributed by atoms with Crippen LogP contribution in [0, 0.1) is 5.92 Å². The Morgan fingerprint density at radius 3 is 2.69 bits per heavy atom. The monoisotopic (exact) mass is 371 g/mol. The summed E-state index contributed by atoms with van der Waals surface area (Å²) in [6.07, 6.45) is -2.45. The Morgan fingerprint density at radius 1 is 1.27 bits per heavy atom. The molecule has 142 valence electrons. The minimum atomic E-state index is -4.73. The summed E-state index contributed by atoms with van der Waals surface area (Å²) < 4.78 is 40.2. The van der Waals surface area contributed by atoms with E-state index < -0.39 is 6.36 Å². The Bertz CT molecular complexity index is 663. The molecule has 2 fully saturated rings. The molecule has 6 nitrogen and oxygen atoms in total. The second-order valence-corrected chi connectivity index (χ2v) is 6.58. The summed E-state index contributed by atoms with van der Waals surface area (Å²) in [4.78, 5) is 25.6. The first-order chi connectivity index (χ1) is 12.3. The zero-order valence-electron chi connectivity index (χ0n) is 14.0. The number of alkyl halides is 3. The van der Waals surface area contributed by atoms with Gasteiger partial charge in [-0.1, -0.05) is 12.1 Å². The Morgan fingerprint density at radius 2 is 2.00 bits per heavy atom. The summed E-state index contributed by atoms with van der Waals surface area (Å²) >= 11 is 0. The van der Waals surface area contributed by atoms with Gasteiger partial charge in [0.05, 0.1) is 6.04 Å². The van der Waals surface area contributed by atoms with Crippen molar-refractivity contribution in [3.05, 3.63) is 29.8 Å². The second-order valence-electron chi connectivity index (χ2n) is 6.58. The van der Waals surface area contributed by atoms with Gasteiger partial charge in [0, 0.05) is 26.1 Å². The van der Waals surface area contributed by atoms with Crippen molar-refractivity contribution in [2.24, 2.45) is 5.92 Å². The third kappa shape index (κ3) is 4.80. The van der Waals surface area contributed by atoms with Gasteiger partial charge >= 0.3 is 12.4 Å². The van der Waals surface area contributed by atoms with E-state index in [4.69, 9.17) is 0 Å². The average Bonchev–Trinajstić information content (AvgIpc) is 2.87. The standard InChI is InChI=1S/C17H20F3N3O3/c18-17(19,20)26-13-6-4-11(5-7-13)8-21-16(25)23-9-12-2-1-3-15(24)22-14(12)10-23/h4-7,12,14H,1-3,8-10H2,(H,21,25)(H,22,24). The largest absolute Gasteiger partial charge is 0.573 e. The van der Waals surface area contributed by atoms with E-state index in [-0.39, 0.29) is 36.2 Å². The van der Waals surface area contributed by atoms with Gasteiger partial charge in [-0.25, -0.2) is 4.79 Å². The molecule has 3 rings (SSSR count). The third-order valence-electron chi connectivity index (χ3n) is 4.65. The quantitative estimate of drug-likeness (QED) is 0.857. The van der Waals surface area contributed by atoms with Crippen LogP contribution in [0.25, 0.3) is 0 Å². The highest BCUT2D eigenvalue weighted by molar-refractivity contribution is 5.77. The number of halogens is 3. The van der Waals surface area contributed by atoms with Gasteiger partial charge in [-0.2, -0.15) is 0 Å². The molecule has 2 heterocycles. The second kappa shape index (κ2) is 7.43. The van der Waals surface area contributed by atoms with Gasteiger partial charge in [0.1, 0.15) is 5.75 Å². The van der Waals surface area contributed by atoms with Gasteiger partial charge < -0.3 is 20.3 Å². The van der Waals surface area contributed by atoms with E-state index in [1.54, 1.807) is 4.90 Å². The number of likely N-dealkylation sites (tertiary alicyclic amines) is 1. The molecular weight excluding hydrogens is 351 g/mol. The van der Waals surface area contributed by atoms with Gasteiger partial charge in [-0.15, -0.1) is 13.2 Å². The molecule has 2 N–H and O–H groups in total. The van der Waals surface area contributed by atoms with E-state index in [9.17, 15) is 22.8 Å². The highest BCUT2D eigenvalue weighted by atomic mass is 19.4. The maximum absolute atomic E-state index is 12.3. The average molecular weight is 371 g/mol. The fraction of sp³-hybridized carbons (Fsp3) is 0.529. The molecule has 26 heavy (non-hydrogen) atoms. The maximum Gasteiger partial charge on any atom is 0.573 e. The summed E-state index contributed by atoms with van der Waals surface area (Å²) in [6.45, 7) is 1.26. The maximum atomic E-state index is 12.3. The number of carbonyl (C=O) groups excluding carboxylic acids is 2. The van der Waals surface area contributed by atoms with Gasteiger partial charge in [0.15, 0.2) is 0 Å². The van der Waals surface area contributed by atoms with Crippen LogP contribution in [-0.2, 0) is 11.3 Å². The van der Waals surface area contributed by atoms with Crippen molar-refractivity contribution in [2.45, 2.75) is 38.2 Å². The number of urea groups is 1. The molecule has 2 unspecified atom stereocenters. The first-order valence-corrected chi connectivity index (χ1v) is 8.47. The Kier molecular flexibility index (Phi) is 5.24. The molecule has 0 spiro atoms. The van der Waals surface area contributed by atoms with E-state index in [0.717, 1.165) is 12.8 Å². The number of hydrogen-bond acceptors (Lipinski definition) is 3. The fourth-order valence-corrected chi connectivity index (χ4v) is 3.40. The van der Waals surface area contributed by atoms with Gasteiger partial charge in [-0.3, -0.25) is 4.79 Å². The fourth-order valence-electron chi connectivity index (χ4n) is 3.40. The molecule has 0 aliphatic carbocycles. The molecule has 2 atom stereocenters. The summed E-state index contributed by atoms with van der Waals surface area (Å²) in [5.74, 6) is -0.00470. The van der Waals surface area contributed by atoms with Crippen LogP contribution in [0.3, 0.4) is 0 Å². The predicted octanol–water partition coefficient (Wildman–Crippen LogP) is 2.40. The van der Waals surface area contributed by atoms with Crippen molar-refractivity contribution in [3.8, 4) is 5.75 Å². The zero-order valence-corrected chi connectivity index (χ0v) is 14.0. The lowest BCUT2D eigenvalue weighted by molar-refractivity contribution is -0.274. The number of nitrogens with zero attached hydrogens (tertiary/aromatic N) is 1. The van der Waals surface area contributed by atoms with Crippen LogP contribution in [0.15, 0.2) is 24.3 Å². The van der Waals surface area contributed by atoms with Crippen molar-refractivity contribution >= 4 is 11.9 Å². The number of amides is 3. The molecule has 0 saturated carbocycles. The molecule has 1 aromatic rings. The van der Waals surface area contributed by atoms with E-state index >= 15 is 0 Å². The molecule has 2 aliphatic rings. The molecule has 9 heteroatoms. The Hall–Kier alpha value is -2.45. The van der Waals surface area contributed by atoms with Crippen molar-refractivity contribution in [1.82, 2.24) is 15.5 Å². The minimum Gasteiger partial charge on any atom is -0.406 e. The van der Waals surface area contributed by atoms with Gasteiger partial charge in [0.2, 0.25) is 5.91 Å². The minimum absolute atomic E-state index is 0.00505. The number of benzene rings is 1. The number of fused-ring (bicyclic) bond motifs is 1. The number of nitrogens with one attached hydrogen (secondary N) is 2. The number of carbonyl (C=O) groups is 2. The third-order valence-corrected chi connectivity index (χ3v) is 4.65. The van der Waals surface area contributed by atoms with Crippen molar-refractivity contribution in [1.29, 1.82) is 0 Å². The summed E-state index contributed by atoms with van der Waals surface area (Å²) in [6, 6.07) is 5.10. The normalized spacial score (nSPS) is 23.0. The lowest BCUT2D eigenvalue weighted by Crippen LogP contribution is -2.42. The van der Waals surface area contributed by atoms with Gasteiger partial charge in [-0.05, 0) is 36.5 Å². The molecule has 2 aliphatic heterocycles. The topological polar surface area (TPSA) is 70.7 Å². The van der Waals surface area contributed by atoms with E-state index in [1.165, 1.54) is 24.3 Å². The van der Waals surface area contributed by atoms with Crippen LogP contribution in [0.4, 0.5) is 18.0 Å². The Labute approximate surface area is 148 Å². The summed E-state index contributed by atoms with van der Waals surface area (Å²) in [7, 11) is 0. The highest BCUT2D eigenvalue weighted by Gasteiger charge is 2.37. The molecule has 0 aromatic heterocycles. The van der Waals surface area contributed by atoms with Crippen LogP contribution in [-0.4, -0.2) is 42.3 Å². The van der Waals surface area contributed by atoms with Crippen molar-refractivity contribution in [3.63, 3.8) is 0 Å². The number of hydrogen-bond donors (Lipinski definition) is 2. The molecular formula is C17H20F3N3O3. The van der Waals surface area contributed by atoms with Crippen molar-refractivity contribution in [2.75, 3.05) is 13.1 Å². The first-order valence-electron chi connectivity index (χ1n) is 8.47. The summed E-state index contributed by atoms with van der Waals surface area (Å²) in [5, 5.41) is 5.71. The smallest absolute Gasteiger partial charge is 0.406 e. The predicted molar refractivity (Wildman–Crippen MR) is 86.2 cm³/mol. The number of rotatable bonds is 3. The van der Waals surface area contributed by atoms with E-state index in [1.807, 2.05) is 0 Å². The SMILES string of the molecule is O=C1CCCC2CN(C(=O)NCc3ccc(OC(F)(F)F)cc3)CC2N1. The van der Waals surface area contributed by atoms with Crippen LogP contribution in [0.2, 0.25) is 0 Å². The molecule has 0 bridgehead atoms. The zero-order chi connectivity index (χ0) is 18.7. The van der Waals surface area contributed by atoms with E-state index in [2.05, 4.69) is 15.4 Å². The van der Waals surface area contributed by atoms with E-state index in [0.29, 0.717) is 25.1 Å². The molecule has 1 aromatic carbocycles. The lowest BCUT2D eigenvalue weighted by Gasteiger charge is -2.18. The summed E-state index contributed by atoms with van der Waals surface area (Å²) in [5.41, 5.74) is 0.662. The van der Waals surface area contributed by atoms with Crippen molar-refractivity contribution < 1.29 is 27.5 Å². The Balaban J connectivity index is 1.49. The van der Waals surface area contributed by atoms with Crippen LogP contribution >= 0.6 is 0 Å². The first kappa shape index (κ1) is 18.3. The van der Waals surface area contributed by atoms with Crippen LogP contribution in [0.5, 0.6) is 5.75 Å². The molecule has 3 amide bonds. The highest BCUT2D eigenvalue weighted by Crippen LogP contribution is 2.25. The van der Waals surface area contributed by atoms with Gasteiger partial charge in [0.25, 0.3) is 0 Å². The number of ether oxygens (including phenoxy) is 1.